The molecule has 0 aliphatic rings. The molecule has 3 rings (SSSR count). The summed E-state index contributed by atoms with van der Waals surface area (Å²) in [6.07, 6.45) is 0. The molecule has 23 heavy (non-hydrogen) atoms. The van der Waals surface area contributed by atoms with Gasteiger partial charge >= 0.3 is 0 Å². The van der Waals surface area contributed by atoms with Gasteiger partial charge in [-0.1, -0.05) is 0 Å². The second kappa shape index (κ2) is 5.87. The van der Waals surface area contributed by atoms with Gasteiger partial charge in [-0.3, -0.25) is 9.48 Å². The van der Waals surface area contributed by atoms with Crippen LogP contribution in [0, 0.1) is 20.8 Å². The first kappa shape index (κ1) is 15.3. The smallest absolute Gasteiger partial charge is 0.251 e. The monoisotopic (exact) mass is 312 g/mol. The van der Waals surface area contributed by atoms with E-state index >= 15 is 0 Å². The van der Waals surface area contributed by atoms with Gasteiger partial charge in [0.2, 0.25) is 0 Å². The van der Waals surface area contributed by atoms with Crippen LogP contribution in [0.5, 0.6) is 0 Å². The molecule has 2 heterocycles. The van der Waals surface area contributed by atoms with Crippen molar-refractivity contribution >= 4 is 17.0 Å². The predicted molar refractivity (Wildman–Crippen MR) is 87.5 cm³/mol. The summed E-state index contributed by atoms with van der Waals surface area (Å²) in [6, 6.07) is 7.39. The standard InChI is InChI=1S/C17H20N4O2/c1-10-7-11(2)21(20-10)12(3)9-18-17(22)14-5-6-15-16(8-14)23-13(4)19-15/h5-8,12H,9H2,1-4H3,(H,18,22). The van der Waals surface area contributed by atoms with Gasteiger partial charge < -0.3 is 9.73 Å². The maximum atomic E-state index is 12.3. The molecule has 0 fully saturated rings. The summed E-state index contributed by atoms with van der Waals surface area (Å²) < 4.78 is 7.40. The highest BCUT2D eigenvalue weighted by Crippen LogP contribution is 2.17. The Kier molecular flexibility index (Phi) is 3.90. The average molecular weight is 312 g/mol. The number of rotatable bonds is 4. The van der Waals surface area contributed by atoms with Crippen molar-refractivity contribution in [2.75, 3.05) is 6.54 Å². The molecule has 2 aromatic heterocycles. The Labute approximate surface area is 134 Å². The maximum absolute atomic E-state index is 12.3. The number of nitrogens with one attached hydrogen (secondary N) is 1. The fourth-order valence-corrected chi connectivity index (χ4v) is 2.70. The Morgan fingerprint density at radius 2 is 2.09 bits per heavy atom. The number of carbonyl (C=O) groups is 1. The van der Waals surface area contributed by atoms with Crippen LogP contribution in [-0.4, -0.2) is 27.2 Å². The highest BCUT2D eigenvalue weighted by Gasteiger charge is 2.13. The Hall–Kier alpha value is -2.63. The third-order valence-electron chi connectivity index (χ3n) is 3.78. The number of hydrogen-bond donors (Lipinski definition) is 1. The van der Waals surface area contributed by atoms with Crippen molar-refractivity contribution in [2.24, 2.45) is 0 Å². The van der Waals surface area contributed by atoms with E-state index in [1.807, 2.05) is 31.5 Å². The Balaban J connectivity index is 1.69. The molecule has 120 valence electrons. The number of carbonyl (C=O) groups excluding carboxylic acids is 1. The van der Waals surface area contributed by atoms with Crippen LogP contribution in [0.1, 0.15) is 40.6 Å². The fraction of sp³-hybridized carbons (Fsp3) is 0.353. The van der Waals surface area contributed by atoms with Crippen molar-refractivity contribution in [2.45, 2.75) is 33.7 Å². The van der Waals surface area contributed by atoms with Crippen molar-refractivity contribution < 1.29 is 9.21 Å². The SMILES string of the molecule is Cc1cc(C)n(C(C)CNC(=O)c2ccc3nc(C)oc3c2)n1. The quantitative estimate of drug-likeness (QED) is 0.804. The van der Waals surface area contributed by atoms with E-state index in [4.69, 9.17) is 4.42 Å². The summed E-state index contributed by atoms with van der Waals surface area (Å²) in [4.78, 5) is 16.5. The minimum Gasteiger partial charge on any atom is -0.441 e. The number of aromatic nitrogens is 3. The van der Waals surface area contributed by atoms with E-state index in [0.717, 1.165) is 16.9 Å². The van der Waals surface area contributed by atoms with Crippen LogP contribution in [-0.2, 0) is 0 Å². The molecule has 0 bridgehead atoms. The van der Waals surface area contributed by atoms with E-state index in [1.165, 1.54) is 0 Å². The second-order valence-electron chi connectivity index (χ2n) is 5.85. The van der Waals surface area contributed by atoms with Crippen molar-refractivity contribution in [3.05, 3.63) is 47.1 Å². The zero-order valence-corrected chi connectivity index (χ0v) is 13.8. The molecule has 1 atom stereocenters. The highest BCUT2D eigenvalue weighted by atomic mass is 16.3. The molecule has 6 heteroatoms. The van der Waals surface area contributed by atoms with Gasteiger partial charge in [0.05, 0.1) is 11.7 Å². The van der Waals surface area contributed by atoms with Crippen LogP contribution in [0.2, 0.25) is 0 Å². The molecule has 3 aromatic rings. The van der Waals surface area contributed by atoms with Gasteiger partial charge in [0.1, 0.15) is 5.52 Å². The number of benzene rings is 1. The zero-order chi connectivity index (χ0) is 16.6. The Morgan fingerprint density at radius 1 is 1.30 bits per heavy atom. The van der Waals surface area contributed by atoms with Crippen molar-refractivity contribution in [3.8, 4) is 0 Å². The average Bonchev–Trinajstić information content (AvgIpc) is 3.04. The number of aryl methyl sites for hydroxylation is 3. The van der Waals surface area contributed by atoms with Crippen LogP contribution in [0.25, 0.3) is 11.1 Å². The lowest BCUT2D eigenvalue weighted by atomic mass is 10.2. The maximum Gasteiger partial charge on any atom is 0.251 e. The van der Waals surface area contributed by atoms with Crippen molar-refractivity contribution in [1.82, 2.24) is 20.1 Å². The summed E-state index contributed by atoms with van der Waals surface area (Å²) in [6.45, 7) is 8.30. The third kappa shape index (κ3) is 3.11. The van der Waals surface area contributed by atoms with E-state index < -0.39 is 0 Å². The summed E-state index contributed by atoms with van der Waals surface area (Å²) in [5.41, 5.74) is 4.01. The van der Waals surface area contributed by atoms with Gasteiger partial charge in [-0.25, -0.2) is 4.98 Å². The molecule has 6 nitrogen and oxygen atoms in total. The van der Waals surface area contributed by atoms with Crippen LogP contribution in [0.4, 0.5) is 0 Å². The van der Waals surface area contributed by atoms with Gasteiger partial charge in [-0.2, -0.15) is 5.10 Å². The first-order valence-electron chi connectivity index (χ1n) is 7.62. The second-order valence-corrected chi connectivity index (χ2v) is 5.85. The molecule has 0 saturated heterocycles. The first-order valence-corrected chi connectivity index (χ1v) is 7.62. The fourth-order valence-electron chi connectivity index (χ4n) is 2.70. The van der Waals surface area contributed by atoms with Gasteiger partial charge in [0.25, 0.3) is 5.91 Å². The first-order chi connectivity index (χ1) is 10.9. The molecular formula is C17H20N4O2. The summed E-state index contributed by atoms with van der Waals surface area (Å²) >= 11 is 0. The normalized spacial score (nSPS) is 12.5. The lowest BCUT2D eigenvalue weighted by molar-refractivity contribution is 0.0947. The van der Waals surface area contributed by atoms with Gasteiger partial charge in [0.15, 0.2) is 11.5 Å². The van der Waals surface area contributed by atoms with Crippen molar-refractivity contribution in [1.29, 1.82) is 0 Å². The molecule has 1 unspecified atom stereocenters. The highest BCUT2D eigenvalue weighted by molar-refractivity contribution is 5.97. The Morgan fingerprint density at radius 3 is 2.78 bits per heavy atom. The van der Waals surface area contributed by atoms with Crippen LogP contribution >= 0.6 is 0 Å². The minimum atomic E-state index is -0.130. The topological polar surface area (TPSA) is 73.0 Å². The number of amides is 1. The lowest BCUT2D eigenvalue weighted by Crippen LogP contribution is -2.30. The molecule has 0 aliphatic heterocycles. The van der Waals surface area contributed by atoms with Crippen LogP contribution in [0.15, 0.2) is 28.7 Å². The van der Waals surface area contributed by atoms with Gasteiger partial charge in [-0.05, 0) is 45.0 Å². The van der Waals surface area contributed by atoms with E-state index in [2.05, 4.69) is 15.4 Å². The number of oxazole rings is 1. The summed E-state index contributed by atoms with van der Waals surface area (Å²) in [7, 11) is 0. The molecule has 0 saturated carbocycles. The predicted octanol–water partition coefficient (Wildman–Crippen LogP) is 2.94. The molecule has 1 N–H and O–H groups in total. The van der Waals surface area contributed by atoms with E-state index in [-0.39, 0.29) is 11.9 Å². The number of fused-ring (bicyclic) bond motifs is 1. The molecular weight excluding hydrogens is 292 g/mol. The summed E-state index contributed by atoms with van der Waals surface area (Å²) in [5, 5.41) is 7.39. The molecule has 1 amide bonds. The lowest BCUT2D eigenvalue weighted by Gasteiger charge is -2.15. The van der Waals surface area contributed by atoms with Gasteiger partial charge in [0, 0.05) is 24.7 Å². The van der Waals surface area contributed by atoms with E-state index in [1.54, 1.807) is 25.1 Å². The minimum absolute atomic E-state index is 0.0869. The summed E-state index contributed by atoms with van der Waals surface area (Å²) in [5.74, 6) is 0.463. The van der Waals surface area contributed by atoms with E-state index in [9.17, 15) is 4.79 Å². The number of nitrogens with zero attached hydrogens (tertiary/aromatic N) is 3. The third-order valence-corrected chi connectivity index (χ3v) is 3.78. The van der Waals surface area contributed by atoms with Crippen LogP contribution < -0.4 is 5.32 Å². The molecule has 0 radical (unpaired) electrons. The zero-order valence-electron chi connectivity index (χ0n) is 13.8. The largest absolute Gasteiger partial charge is 0.441 e. The van der Waals surface area contributed by atoms with E-state index in [0.29, 0.717) is 23.6 Å². The molecule has 0 spiro atoms. The molecule has 0 aliphatic carbocycles. The number of hydrogen-bond acceptors (Lipinski definition) is 4. The van der Waals surface area contributed by atoms with Gasteiger partial charge in [-0.15, -0.1) is 0 Å². The van der Waals surface area contributed by atoms with Crippen LogP contribution in [0.3, 0.4) is 0 Å². The molecule has 1 aromatic carbocycles. The Bertz CT molecular complexity index is 863. The van der Waals surface area contributed by atoms with Crippen molar-refractivity contribution in [3.63, 3.8) is 0 Å².